The smallest absolute Gasteiger partial charge is 0.252 e. The maximum absolute atomic E-state index is 13.1. The first-order chi connectivity index (χ1) is 8.06. The van der Waals surface area contributed by atoms with Crippen molar-refractivity contribution >= 4 is 5.91 Å². The van der Waals surface area contributed by atoms with Crippen molar-refractivity contribution in [3.63, 3.8) is 0 Å². The van der Waals surface area contributed by atoms with E-state index >= 15 is 0 Å². The Labute approximate surface area is 99.7 Å². The Morgan fingerprint density at radius 1 is 1.53 bits per heavy atom. The third-order valence-electron chi connectivity index (χ3n) is 3.44. The minimum atomic E-state index is -0.490. The maximum Gasteiger partial charge on any atom is 0.252 e. The highest BCUT2D eigenvalue weighted by Gasteiger charge is 2.38. The predicted molar refractivity (Wildman–Crippen MR) is 62.3 cm³/mol. The quantitative estimate of drug-likeness (QED) is 0.841. The highest BCUT2D eigenvalue weighted by molar-refractivity contribution is 5.96. The molecule has 0 heterocycles. The van der Waals surface area contributed by atoms with Gasteiger partial charge in [0.15, 0.2) is 0 Å². The van der Waals surface area contributed by atoms with Gasteiger partial charge < -0.3 is 10.4 Å². The van der Waals surface area contributed by atoms with E-state index in [1.807, 2.05) is 0 Å². The van der Waals surface area contributed by atoms with Gasteiger partial charge in [-0.1, -0.05) is 6.07 Å². The summed E-state index contributed by atoms with van der Waals surface area (Å²) >= 11 is 0. The lowest BCUT2D eigenvalue weighted by Gasteiger charge is -2.41. The first-order valence-corrected chi connectivity index (χ1v) is 5.76. The Balaban J connectivity index is 2.17. The Morgan fingerprint density at radius 3 is 2.76 bits per heavy atom. The van der Waals surface area contributed by atoms with Crippen LogP contribution >= 0.6 is 0 Å². The van der Waals surface area contributed by atoms with E-state index in [1.54, 1.807) is 13.0 Å². The van der Waals surface area contributed by atoms with E-state index in [0.717, 1.165) is 24.8 Å². The lowest BCUT2D eigenvalue weighted by atomic mass is 9.77. The molecule has 3 nitrogen and oxygen atoms in total. The van der Waals surface area contributed by atoms with Crippen LogP contribution < -0.4 is 5.32 Å². The fraction of sp³-hybridized carbons (Fsp3) is 0.462. The van der Waals surface area contributed by atoms with Gasteiger partial charge in [-0.05, 0) is 43.9 Å². The normalized spacial score (nSPS) is 17.4. The molecule has 1 aromatic rings. The van der Waals surface area contributed by atoms with Crippen molar-refractivity contribution in [2.75, 3.05) is 6.61 Å². The van der Waals surface area contributed by atoms with Crippen molar-refractivity contribution in [1.82, 2.24) is 5.32 Å². The average molecular weight is 237 g/mol. The summed E-state index contributed by atoms with van der Waals surface area (Å²) < 4.78 is 13.1. The zero-order valence-corrected chi connectivity index (χ0v) is 9.79. The SMILES string of the molecule is Cc1ccc(F)cc1C(=O)NC1(CO)CCC1. The number of rotatable bonds is 3. The molecular formula is C13H16FNO2. The van der Waals surface area contributed by atoms with Crippen LogP contribution in [0, 0.1) is 12.7 Å². The molecule has 0 radical (unpaired) electrons. The summed E-state index contributed by atoms with van der Waals surface area (Å²) in [7, 11) is 0. The number of carbonyl (C=O) groups excluding carboxylic acids is 1. The number of carbonyl (C=O) groups is 1. The third kappa shape index (κ3) is 2.31. The number of benzene rings is 1. The largest absolute Gasteiger partial charge is 0.394 e. The molecule has 0 bridgehead atoms. The van der Waals surface area contributed by atoms with Crippen molar-refractivity contribution in [1.29, 1.82) is 0 Å². The van der Waals surface area contributed by atoms with Gasteiger partial charge >= 0.3 is 0 Å². The van der Waals surface area contributed by atoms with Crippen LogP contribution in [0.4, 0.5) is 4.39 Å². The average Bonchev–Trinajstić information content (AvgIpc) is 2.26. The van der Waals surface area contributed by atoms with E-state index in [2.05, 4.69) is 5.32 Å². The highest BCUT2D eigenvalue weighted by Crippen LogP contribution is 2.31. The monoisotopic (exact) mass is 237 g/mol. The number of nitrogens with one attached hydrogen (secondary N) is 1. The Morgan fingerprint density at radius 2 is 2.24 bits per heavy atom. The number of halogens is 1. The van der Waals surface area contributed by atoms with E-state index in [9.17, 15) is 14.3 Å². The molecule has 0 atom stereocenters. The molecule has 1 aromatic carbocycles. The molecule has 0 aromatic heterocycles. The van der Waals surface area contributed by atoms with Gasteiger partial charge in [0.25, 0.3) is 5.91 Å². The van der Waals surface area contributed by atoms with E-state index in [-0.39, 0.29) is 12.5 Å². The molecule has 1 aliphatic carbocycles. The van der Waals surface area contributed by atoms with Crippen molar-refractivity contribution in [2.45, 2.75) is 31.7 Å². The topological polar surface area (TPSA) is 49.3 Å². The first kappa shape index (κ1) is 12.0. The predicted octanol–water partition coefficient (Wildman–Crippen LogP) is 1.78. The van der Waals surface area contributed by atoms with Gasteiger partial charge in [0.05, 0.1) is 12.1 Å². The van der Waals surface area contributed by atoms with Gasteiger partial charge in [-0.3, -0.25) is 4.79 Å². The highest BCUT2D eigenvalue weighted by atomic mass is 19.1. The van der Waals surface area contributed by atoms with E-state index in [0.29, 0.717) is 5.56 Å². The molecule has 0 saturated heterocycles. The Hall–Kier alpha value is -1.42. The summed E-state index contributed by atoms with van der Waals surface area (Å²) in [6.07, 6.45) is 2.57. The van der Waals surface area contributed by atoms with Gasteiger partial charge in [-0.2, -0.15) is 0 Å². The van der Waals surface area contributed by atoms with Crippen LogP contribution in [0.1, 0.15) is 35.2 Å². The summed E-state index contributed by atoms with van der Waals surface area (Å²) in [4.78, 5) is 12.0. The van der Waals surface area contributed by atoms with E-state index < -0.39 is 11.4 Å². The number of aliphatic hydroxyl groups excluding tert-OH is 1. The fourth-order valence-corrected chi connectivity index (χ4v) is 2.07. The van der Waals surface area contributed by atoms with Gasteiger partial charge in [-0.25, -0.2) is 4.39 Å². The van der Waals surface area contributed by atoms with Crippen LogP contribution in [0.15, 0.2) is 18.2 Å². The van der Waals surface area contributed by atoms with Crippen molar-refractivity contribution < 1.29 is 14.3 Å². The number of aryl methyl sites for hydroxylation is 1. The zero-order valence-electron chi connectivity index (χ0n) is 9.79. The molecule has 92 valence electrons. The summed E-state index contributed by atoms with van der Waals surface area (Å²) in [5, 5.41) is 12.1. The Kier molecular flexibility index (Phi) is 3.15. The van der Waals surface area contributed by atoms with Gasteiger partial charge in [0, 0.05) is 5.56 Å². The molecule has 1 saturated carbocycles. The summed E-state index contributed by atoms with van der Waals surface area (Å²) in [6.45, 7) is 1.70. The van der Waals surface area contributed by atoms with Gasteiger partial charge in [0.1, 0.15) is 5.82 Å². The second kappa shape index (κ2) is 4.45. The summed E-state index contributed by atoms with van der Waals surface area (Å²) in [6, 6.07) is 4.14. The molecule has 1 amide bonds. The number of amides is 1. The first-order valence-electron chi connectivity index (χ1n) is 5.76. The van der Waals surface area contributed by atoms with Crippen molar-refractivity contribution in [3.05, 3.63) is 35.1 Å². The van der Waals surface area contributed by atoms with Crippen molar-refractivity contribution in [3.8, 4) is 0 Å². The minimum absolute atomic E-state index is 0.0624. The van der Waals surface area contributed by atoms with Crippen LogP contribution in [0.25, 0.3) is 0 Å². The lowest BCUT2D eigenvalue weighted by molar-refractivity contribution is 0.0641. The molecule has 17 heavy (non-hydrogen) atoms. The molecule has 2 N–H and O–H groups in total. The number of hydrogen-bond acceptors (Lipinski definition) is 2. The second-order valence-corrected chi connectivity index (χ2v) is 4.71. The van der Waals surface area contributed by atoms with Gasteiger partial charge in [0.2, 0.25) is 0 Å². The fourth-order valence-electron chi connectivity index (χ4n) is 2.07. The number of hydrogen-bond donors (Lipinski definition) is 2. The standard InChI is InChI=1S/C13H16FNO2/c1-9-3-4-10(14)7-11(9)12(17)15-13(8-16)5-2-6-13/h3-4,7,16H,2,5-6,8H2,1H3,(H,15,17). The molecule has 0 unspecified atom stereocenters. The van der Waals surface area contributed by atoms with Crippen LogP contribution in [0.2, 0.25) is 0 Å². The van der Waals surface area contributed by atoms with Crippen molar-refractivity contribution in [2.24, 2.45) is 0 Å². The molecule has 1 aliphatic rings. The van der Waals surface area contributed by atoms with Crippen LogP contribution in [0.5, 0.6) is 0 Å². The van der Waals surface area contributed by atoms with Crippen LogP contribution in [-0.4, -0.2) is 23.2 Å². The molecule has 0 spiro atoms. The van der Waals surface area contributed by atoms with Crippen LogP contribution in [-0.2, 0) is 0 Å². The Bertz CT molecular complexity index is 436. The number of aliphatic hydroxyl groups is 1. The maximum atomic E-state index is 13.1. The lowest BCUT2D eigenvalue weighted by Crippen LogP contribution is -2.56. The zero-order chi connectivity index (χ0) is 12.5. The summed E-state index contributed by atoms with van der Waals surface area (Å²) in [5.41, 5.74) is 0.580. The second-order valence-electron chi connectivity index (χ2n) is 4.71. The van der Waals surface area contributed by atoms with E-state index in [1.165, 1.54) is 12.1 Å². The molecular weight excluding hydrogens is 221 g/mol. The molecule has 0 aliphatic heterocycles. The van der Waals surface area contributed by atoms with E-state index in [4.69, 9.17) is 0 Å². The van der Waals surface area contributed by atoms with Crippen LogP contribution in [0.3, 0.4) is 0 Å². The summed E-state index contributed by atoms with van der Waals surface area (Å²) in [5.74, 6) is -0.733. The molecule has 2 rings (SSSR count). The third-order valence-corrected chi connectivity index (χ3v) is 3.44. The molecule has 4 heteroatoms. The van der Waals surface area contributed by atoms with Gasteiger partial charge in [-0.15, -0.1) is 0 Å². The molecule has 1 fully saturated rings. The minimum Gasteiger partial charge on any atom is -0.394 e.